The summed E-state index contributed by atoms with van der Waals surface area (Å²) in [5, 5.41) is 3.15. The van der Waals surface area contributed by atoms with Crippen LogP contribution in [0.15, 0.2) is 18.2 Å². The second-order valence-corrected chi connectivity index (χ2v) is 4.73. The number of hydrogen-bond acceptors (Lipinski definition) is 2. The summed E-state index contributed by atoms with van der Waals surface area (Å²) in [5.41, 5.74) is 0.116. The molecular formula is C14H19F2NO. The standard InChI is InChI=1S/C14H19F2NO/c1-10(14-12(15)5-2-6-13(14)16)17-8-7-11-4-3-9-18-11/h2,5-6,10-11,17H,3-4,7-9H2,1H3. The molecule has 1 aromatic carbocycles. The van der Waals surface area contributed by atoms with Gasteiger partial charge in [-0.25, -0.2) is 8.78 Å². The molecule has 0 aliphatic carbocycles. The number of ether oxygens (including phenoxy) is 1. The van der Waals surface area contributed by atoms with Crippen LogP contribution in [0.3, 0.4) is 0 Å². The fraction of sp³-hybridized carbons (Fsp3) is 0.571. The third-order valence-corrected chi connectivity index (χ3v) is 3.37. The molecule has 2 nitrogen and oxygen atoms in total. The van der Waals surface area contributed by atoms with Crippen molar-refractivity contribution >= 4 is 0 Å². The van der Waals surface area contributed by atoms with Crippen molar-refractivity contribution in [2.45, 2.75) is 38.3 Å². The van der Waals surface area contributed by atoms with Crippen LogP contribution in [0.4, 0.5) is 8.78 Å². The molecule has 1 N–H and O–H groups in total. The van der Waals surface area contributed by atoms with E-state index in [4.69, 9.17) is 4.74 Å². The number of rotatable bonds is 5. The molecule has 100 valence electrons. The highest BCUT2D eigenvalue weighted by molar-refractivity contribution is 5.22. The highest BCUT2D eigenvalue weighted by atomic mass is 19.1. The fourth-order valence-electron chi connectivity index (χ4n) is 2.36. The molecule has 2 atom stereocenters. The monoisotopic (exact) mass is 255 g/mol. The minimum atomic E-state index is -0.493. The third-order valence-electron chi connectivity index (χ3n) is 3.37. The van der Waals surface area contributed by atoms with Gasteiger partial charge >= 0.3 is 0 Å². The van der Waals surface area contributed by atoms with Crippen LogP contribution in [0.25, 0.3) is 0 Å². The average Bonchev–Trinajstić information content (AvgIpc) is 2.82. The van der Waals surface area contributed by atoms with Gasteiger partial charge in [-0.15, -0.1) is 0 Å². The van der Waals surface area contributed by atoms with Crippen molar-refractivity contribution in [2.24, 2.45) is 0 Å². The molecule has 1 fully saturated rings. The Hall–Kier alpha value is -1.00. The first-order valence-corrected chi connectivity index (χ1v) is 6.47. The van der Waals surface area contributed by atoms with Crippen molar-refractivity contribution in [1.82, 2.24) is 5.32 Å². The van der Waals surface area contributed by atoms with Gasteiger partial charge in [-0.2, -0.15) is 0 Å². The van der Waals surface area contributed by atoms with Crippen molar-refractivity contribution in [1.29, 1.82) is 0 Å². The molecule has 2 rings (SSSR count). The molecule has 0 amide bonds. The van der Waals surface area contributed by atoms with E-state index in [0.717, 1.165) is 25.9 Å². The Labute approximate surface area is 106 Å². The van der Waals surface area contributed by atoms with Crippen LogP contribution in [0.5, 0.6) is 0 Å². The Balaban J connectivity index is 1.85. The van der Waals surface area contributed by atoms with Crippen LogP contribution in [0.1, 0.15) is 37.8 Å². The van der Waals surface area contributed by atoms with Crippen LogP contribution in [-0.2, 0) is 4.74 Å². The highest BCUT2D eigenvalue weighted by Gasteiger charge is 2.18. The van der Waals surface area contributed by atoms with E-state index in [2.05, 4.69) is 5.32 Å². The largest absolute Gasteiger partial charge is 0.378 e. The predicted octanol–water partition coefficient (Wildman–Crippen LogP) is 3.18. The molecule has 1 heterocycles. The predicted molar refractivity (Wildman–Crippen MR) is 66.4 cm³/mol. The first-order valence-electron chi connectivity index (χ1n) is 6.47. The lowest BCUT2D eigenvalue weighted by Gasteiger charge is -2.17. The molecule has 1 saturated heterocycles. The molecule has 1 aromatic rings. The lowest BCUT2D eigenvalue weighted by molar-refractivity contribution is 0.103. The molecule has 0 bridgehead atoms. The minimum Gasteiger partial charge on any atom is -0.378 e. The highest BCUT2D eigenvalue weighted by Crippen LogP contribution is 2.21. The van der Waals surface area contributed by atoms with Crippen molar-refractivity contribution in [3.63, 3.8) is 0 Å². The maximum atomic E-state index is 13.5. The lowest BCUT2D eigenvalue weighted by Crippen LogP contribution is -2.24. The molecule has 1 aliphatic rings. The molecular weight excluding hydrogens is 236 g/mol. The van der Waals surface area contributed by atoms with E-state index in [1.165, 1.54) is 18.2 Å². The molecule has 0 radical (unpaired) electrons. The van der Waals surface area contributed by atoms with Gasteiger partial charge in [0.1, 0.15) is 11.6 Å². The van der Waals surface area contributed by atoms with Gasteiger partial charge in [-0.05, 0) is 44.9 Å². The lowest BCUT2D eigenvalue weighted by atomic mass is 10.1. The van der Waals surface area contributed by atoms with Gasteiger partial charge in [0.05, 0.1) is 6.10 Å². The van der Waals surface area contributed by atoms with Crippen LogP contribution in [0.2, 0.25) is 0 Å². The van der Waals surface area contributed by atoms with Gasteiger partial charge in [0.25, 0.3) is 0 Å². The van der Waals surface area contributed by atoms with Crippen LogP contribution < -0.4 is 5.32 Å². The fourth-order valence-corrected chi connectivity index (χ4v) is 2.36. The molecule has 18 heavy (non-hydrogen) atoms. The van der Waals surface area contributed by atoms with Crippen LogP contribution in [0, 0.1) is 11.6 Å². The van der Waals surface area contributed by atoms with Crippen molar-refractivity contribution < 1.29 is 13.5 Å². The maximum absolute atomic E-state index is 13.5. The quantitative estimate of drug-likeness (QED) is 0.872. The Bertz CT molecular complexity index is 371. The summed E-state index contributed by atoms with van der Waals surface area (Å²) in [6.07, 6.45) is 3.39. The molecule has 1 aliphatic heterocycles. The summed E-state index contributed by atoms with van der Waals surface area (Å²) < 4.78 is 32.5. The minimum absolute atomic E-state index is 0.116. The van der Waals surface area contributed by atoms with Gasteiger partial charge < -0.3 is 10.1 Å². The van der Waals surface area contributed by atoms with Gasteiger partial charge in [0.15, 0.2) is 0 Å². The summed E-state index contributed by atoms with van der Waals surface area (Å²) >= 11 is 0. The van der Waals surface area contributed by atoms with E-state index in [0.29, 0.717) is 12.6 Å². The average molecular weight is 255 g/mol. The molecule has 2 unspecified atom stereocenters. The maximum Gasteiger partial charge on any atom is 0.130 e. The summed E-state index contributed by atoms with van der Waals surface area (Å²) in [6.45, 7) is 3.32. The zero-order valence-electron chi connectivity index (χ0n) is 10.6. The number of nitrogens with one attached hydrogen (secondary N) is 1. The molecule has 0 aromatic heterocycles. The van der Waals surface area contributed by atoms with E-state index < -0.39 is 11.6 Å². The van der Waals surface area contributed by atoms with E-state index in [-0.39, 0.29) is 11.6 Å². The summed E-state index contributed by atoms with van der Waals surface area (Å²) in [6, 6.07) is 3.63. The van der Waals surface area contributed by atoms with Crippen molar-refractivity contribution in [3.05, 3.63) is 35.4 Å². The van der Waals surface area contributed by atoms with Gasteiger partial charge in [0.2, 0.25) is 0 Å². The smallest absolute Gasteiger partial charge is 0.130 e. The van der Waals surface area contributed by atoms with E-state index in [1.807, 2.05) is 0 Å². The second-order valence-electron chi connectivity index (χ2n) is 4.73. The first kappa shape index (κ1) is 13.4. The van der Waals surface area contributed by atoms with E-state index >= 15 is 0 Å². The van der Waals surface area contributed by atoms with Crippen LogP contribution >= 0.6 is 0 Å². The molecule has 4 heteroatoms. The molecule has 0 spiro atoms. The normalized spacial score (nSPS) is 21.2. The summed E-state index contributed by atoms with van der Waals surface area (Å²) in [5.74, 6) is -0.987. The Kier molecular flexibility index (Phi) is 4.66. The number of hydrogen-bond donors (Lipinski definition) is 1. The second kappa shape index (κ2) is 6.25. The van der Waals surface area contributed by atoms with Crippen molar-refractivity contribution in [3.8, 4) is 0 Å². The van der Waals surface area contributed by atoms with Gasteiger partial charge in [-0.3, -0.25) is 0 Å². The zero-order valence-corrected chi connectivity index (χ0v) is 10.6. The third kappa shape index (κ3) is 3.27. The molecule has 0 saturated carbocycles. The SMILES string of the molecule is CC(NCCC1CCCO1)c1c(F)cccc1F. The van der Waals surface area contributed by atoms with E-state index in [9.17, 15) is 8.78 Å². The Morgan fingerprint density at radius 3 is 2.72 bits per heavy atom. The van der Waals surface area contributed by atoms with E-state index in [1.54, 1.807) is 6.92 Å². The van der Waals surface area contributed by atoms with Crippen molar-refractivity contribution in [2.75, 3.05) is 13.2 Å². The zero-order chi connectivity index (χ0) is 13.0. The Morgan fingerprint density at radius 2 is 2.11 bits per heavy atom. The number of halogens is 2. The first-order chi connectivity index (χ1) is 8.68. The van der Waals surface area contributed by atoms with Gasteiger partial charge in [0, 0.05) is 18.2 Å². The number of benzene rings is 1. The van der Waals surface area contributed by atoms with Crippen LogP contribution in [-0.4, -0.2) is 19.3 Å². The Morgan fingerprint density at radius 1 is 1.39 bits per heavy atom. The summed E-state index contributed by atoms with van der Waals surface area (Å²) in [7, 11) is 0. The van der Waals surface area contributed by atoms with Gasteiger partial charge in [-0.1, -0.05) is 6.07 Å². The summed E-state index contributed by atoms with van der Waals surface area (Å²) in [4.78, 5) is 0. The topological polar surface area (TPSA) is 21.3 Å².